The van der Waals surface area contributed by atoms with E-state index in [9.17, 15) is 9.59 Å². The molecule has 1 aliphatic rings. The Morgan fingerprint density at radius 2 is 2.00 bits per heavy atom. The molecule has 2 aromatic rings. The predicted octanol–water partition coefficient (Wildman–Crippen LogP) is 2.72. The van der Waals surface area contributed by atoms with Crippen molar-refractivity contribution in [2.24, 2.45) is 5.92 Å². The Morgan fingerprint density at radius 1 is 1.16 bits per heavy atom. The molecule has 1 aromatic heterocycles. The summed E-state index contributed by atoms with van der Waals surface area (Å²) in [6, 6.07) is 7.83. The smallest absolute Gasteiger partial charge is 0.144 e. The van der Waals surface area contributed by atoms with Crippen LogP contribution in [-0.2, 0) is 16.0 Å². The molecular weight excluding hydrogens is 238 g/mol. The molecule has 0 amide bonds. The van der Waals surface area contributed by atoms with Crippen molar-refractivity contribution in [3.8, 4) is 0 Å². The second kappa shape index (κ2) is 4.92. The highest BCUT2D eigenvalue weighted by molar-refractivity contribution is 6.01. The first-order chi connectivity index (χ1) is 9.22. The van der Waals surface area contributed by atoms with Crippen LogP contribution in [0.5, 0.6) is 0 Å². The summed E-state index contributed by atoms with van der Waals surface area (Å²) in [6.07, 6.45) is 5.92. The van der Waals surface area contributed by atoms with Crippen molar-refractivity contribution in [2.45, 2.75) is 25.7 Å². The fourth-order valence-electron chi connectivity index (χ4n) is 2.28. The lowest BCUT2D eigenvalue weighted by atomic mass is 10.0. The predicted molar refractivity (Wildman–Crippen MR) is 72.8 cm³/mol. The number of Topliss-reactive ketones (excluding diaryl/α,β-unsaturated/α-hetero) is 2. The second-order valence-corrected chi connectivity index (χ2v) is 5.19. The molecule has 0 spiro atoms. The summed E-state index contributed by atoms with van der Waals surface area (Å²) in [5, 5.41) is 2.14. The largest absolute Gasteiger partial charge is 0.299 e. The van der Waals surface area contributed by atoms with Crippen molar-refractivity contribution in [1.29, 1.82) is 0 Å². The standard InChI is InChI=1S/C16H15NO2/c18-15(9-16(19)12-3-4-12)8-11-1-2-14-10-17-6-5-13(14)7-11/h1-2,5-7,10,12H,3-4,8-9H2. The van der Waals surface area contributed by atoms with Gasteiger partial charge in [0.1, 0.15) is 11.6 Å². The van der Waals surface area contributed by atoms with Gasteiger partial charge in [0.05, 0.1) is 6.42 Å². The number of aromatic nitrogens is 1. The zero-order valence-electron chi connectivity index (χ0n) is 10.6. The minimum atomic E-state index is 0.0188. The van der Waals surface area contributed by atoms with Crippen molar-refractivity contribution in [1.82, 2.24) is 4.98 Å². The molecule has 19 heavy (non-hydrogen) atoms. The maximum atomic E-state index is 11.9. The Kier molecular flexibility index (Phi) is 3.11. The van der Waals surface area contributed by atoms with E-state index in [1.807, 2.05) is 24.3 Å². The van der Waals surface area contributed by atoms with Crippen molar-refractivity contribution in [3.63, 3.8) is 0 Å². The maximum Gasteiger partial charge on any atom is 0.144 e. The lowest BCUT2D eigenvalue weighted by Gasteiger charge is -2.03. The summed E-state index contributed by atoms with van der Waals surface area (Å²) < 4.78 is 0. The van der Waals surface area contributed by atoms with Gasteiger partial charge in [0, 0.05) is 30.1 Å². The SMILES string of the molecule is O=C(CC(=O)C1CC1)Cc1ccc2cnccc2c1. The van der Waals surface area contributed by atoms with E-state index < -0.39 is 0 Å². The van der Waals surface area contributed by atoms with Crippen LogP contribution in [0.15, 0.2) is 36.7 Å². The Hall–Kier alpha value is -2.03. The van der Waals surface area contributed by atoms with Gasteiger partial charge in [0.2, 0.25) is 0 Å². The van der Waals surface area contributed by atoms with E-state index in [2.05, 4.69) is 4.98 Å². The average Bonchev–Trinajstić information content (AvgIpc) is 3.22. The van der Waals surface area contributed by atoms with E-state index in [0.717, 1.165) is 29.2 Å². The number of carbonyl (C=O) groups is 2. The van der Waals surface area contributed by atoms with Crippen LogP contribution < -0.4 is 0 Å². The van der Waals surface area contributed by atoms with Gasteiger partial charge in [-0.2, -0.15) is 0 Å². The third kappa shape index (κ3) is 2.87. The van der Waals surface area contributed by atoms with Gasteiger partial charge in [0.25, 0.3) is 0 Å². The Morgan fingerprint density at radius 3 is 2.79 bits per heavy atom. The van der Waals surface area contributed by atoms with Crippen LogP contribution >= 0.6 is 0 Å². The first-order valence-electron chi connectivity index (χ1n) is 6.59. The van der Waals surface area contributed by atoms with Crippen LogP contribution in [0.25, 0.3) is 10.8 Å². The minimum absolute atomic E-state index is 0.0188. The van der Waals surface area contributed by atoms with Gasteiger partial charge >= 0.3 is 0 Å². The number of hydrogen-bond donors (Lipinski definition) is 0. The van der Waals surface area contributed by atoms with Crippen LogP contribution in [0.3, 0.4) is 0 Å². The molecule has 1 aliphatic carbocycles. The lowest BCUT2D eigenvalue weighted by Crippen LogP contribution is -2.11. The zero-order chi connectivity index (χ0) is 13.2. The summed E-state index contributed by atoms with van der Waals surface area (Å²) in [5.74, 6) is 0.312. The van der Waals surface area contributed by atoms with E-state index in [-0.39, 0.29) is 23.9 Å². The van der Waals surface area contributed by atoms with E-state index in [1.54, 1.807) is 12.4 Å². The van der Waals surface area contributed by atoms with Gasteiger partial charge in [-0.15, -0.1) is 0 Å². The van der Waals surface area contributed by atoms with Gasteiger partial charge < -0.3 is 0 Å². The number of benzene rings is 1. The highest BCUT2D eigenvalue weighted by Gasteiger charge is 2.30. The first-order valence-corrected chi connectivity index (χ1v) is 6.59. The molecule has 0 saturated heterocycles. The van der Waals surface area contributed by atoms with Gasteiger partial charge in [0.15, 0.2) is 0 Å². The molecule has 0 unspecified atom stereocenters. The van der Waals surface area contributed by atoms with Crippen LogP contribution in [0.2, 0.25) is 0 Å². The molecule has 0 radical (unpaired) electrons. The quantitative estimate of drug-likeness (QED) is 0.770. The van der Waals surface area contributed by atoms with Crippen molar-refractivity contribution in [3.05, 3.63) is 42.2 Å². The molecule has 0 aliphatic heterocycles. The van der Waals surface area contributed by atoms with Crippen molar-refractivity contribution in [2.75, 3.05) is 0 Å². The van der Waals surface area contributed by atoms with E-state index >= 15 is 0 Å². The van der Waals surface area contributed by atoms with Gasteiger partial charge in [-0.3, -0.25) is 14.6 Å². The van der Waals surface area contributed by atoms with Crippen LogP contribution in [0.4, 0.5) is 0 Å². The Balaban J connectivity index is 1.70. The maximum absolute atomic E-state index is 11.9. The third-order valence-corrected chi connectivity index (χ3v) is 3.51. The van der Waals surface area contributed by atoms with Gasteiger partial charge in [-0.25, -0.2) is 0 Å². The average molecular weight is 253 g/mol. The van der Waals surface area contributed by atoms with Crippen molar-refractivity contribution < 1.29 is 9.59 Å². The number of carbonyl (C=O) groups excluding carboxylic acids is 2. The fraction of sp³-hybridized carbons (Fsp3) is 0.312. The number of rotatable bonds is 5. The molecule has 1 fully saturated rings. The highest BCUT2D eigenvalue weighted by atomic mass is 16.1. The molecule has 96 valence electrons. The summed E-state index contributed by atoms with van der Waals surface area (Å²) in [7, 11) is 0. The first kappa shape index (κ1) is 12.0. The molecule has 1 saturated carbocycles. The van der Waals surface area contributed by atoms with E-state index in [0.29, 0.717) is 6.42 Å². The minimum Gasteiger partial charge on any atom is -0.299 e. The number of pyridine rings is 1. The summed E-state index contributed by atoms with van der Waals surface area (Å²) in [4.78, 5) is 27.5. The summed E-state index contributed by atoms with van der Waals surface area (Å²) in [5.41, 5.74) is 0.965. The molecular formula is C16H15NO2. The van der Waals surface area contributed by atoms with Gasteiger partial charge in [-0.05, 0) is 29.9 Å². The van der Waals surface area contributed by atoms with E-state index in [4.69, 9.17) is 0 Å². The number of fused-ring (bicyclic) bond motifs is 1. The molecule has 3 heteroatoms. The molecule has 0 bridgehead atoms. The molecule has 3 nitrogen and oxygen atoms in total. The summed E-state index contributed by atoms with van der Waals surface area (Å²) >= 11 is 0. The lowest BCUT2D eigenvalue weighted by molar-refractivity contribution is -0.127. The normalized spacial score (nSPS) is 14.5. The molecule has 0 atom stereocenters. The zero-order valence-corrected chi connectivity index (χ0v) is 10.6. The second-order valence-electron chi connectivity index (χ2n) is 5.19. The summed E-state index contributed by atoms with van der Waals surface area (Å²) in [6.45, 7) is 0. The molecule has 1 aromatic carbocycles. The number of ketones is 2. The number of hydrogen-bond acceptors (Lipinski definition) is 3. The molecule has 3 rings (SSSR count). The fourth-order valence-corrected chi connectivity index (χ4v) is 2.28. The topological polar surface area (TPSA) is 47.0 Å². The van der Waals surface area contributed by atoms with Crippen LogP contribution in [0.1, 0.15) is 24.8 Å². The van der Waals surface area contributed by atoms with Crippen LogP contribution in [0, 0.1) is 5.92 Å². The monoisotopic (exact) mass is 253 g/mol. The molecule has 0 N–H and O–H groups in total. The van der Waals surface area contributed by atoms with Gasteiger partial charge in [-0.1, -0.05) is 18.2 Å². The third-order valence-electron chi connectivity index (χ3n) is 3.51. The van der Waals surface area contributed by atoms with E-state index in [1.165, 1.54) is 0 Å². The molecule has 1 heterocycles. The Labute approximate surface area is 111 Å². The van der Waals surface area contributed by atoms with Crippen molar-refractivity contribution >= 4 is 22.3 Å². The van der Waals surface area contributed by atoms with Crippen LogP contribution in [-0.4, -0.2) is 16.6 Å². The number of nitrogens with zero attached hydrogens (tertiary/aromatic N) is 1. The Bertz CT molecular complexity index is 644. The highest BCUT2D eigenvalue weighted by Crippen LogP contribution is 2.31.